The molecular formula is C18H14N6O5S. The summed E-state index contributed by atoms with van der Waals surface area (Å²) >= 11 is 0. The zero-order valence-electron chi connectivity index (χ0n) is 15.2. The normalized spacial score (nSPS) is 10.9. The quantitative estimate of drug-likeness (QED) is 0.443. The fraction of sp³-hybridized carbons (Fsp3) is 0.0556. The Kier molecular flexibility index (Phi) is 5.58. The highest BCUT2D eigenvalue weighted by Crippen LogP contribution is 2.24. The van der Waals surface area contributed by atoms with Crippen molar-refractivity contribution in [2.24, 2.45) is 5.14 Å². The van der Waals surface area contributed by atoms with Crippen LogP contribution in [0.15, 0.2) is 59.8 Å². The van der Waals surface area contributed by atoms with Gasteiger partial charge in [0.2, 0.25) is 15.9 Å². The van der Waals surface area contributed by atoms with Crippen LogP contribution in [-0.4, -0.2) is 29.0 Å². The van der Waals surface area contributed by atoms with Gasteiger partial charge in [0.15, 0.2) is 0 Å². The second kappa shape index (κ2) is 8.11. The van der Waals surface area contributed by atoms with Gasteiger partial charge in [-0.2, -0.15) is 10.4 Å². The highest BCUT2D eigenvalue weighted by molar-refractivity contribution is 7.89. The van der Waals surface area contributed by atoms with Crippen molar-refractivity contribution in [1.29, 1.82) is 5.26 Å². The van der Waals surface area contributed by atoms with Crippen molar-refractivity contribution in [3.8, 4) is 11.8 Å². The largest absolute Gasteiger partial charge is 0.326 e. The van der Waals surface area contributed by atoms with Crippen molar-refractivity contribution in [1.82, 2.24) is 9.78 Å². The summed E-state index contributed by atoms with van der Waals surface area (Å²) in [6.07, 6.45) is 2.31. The lowest BCUT2D eigenvalue weighted by Gasteiger charge is -2.11. The van der Waals surface area contributed by atoms with Crippen molar-refractivity contribution >= 4 is 27.3 Å². The predicted molar refractivity (Wildman–Crippen MR) is 105 cm³/mol. The van der Waals surface area contributed by atoms with E-state index in [2.05, 4.69) is 10.4 Å². The van der Waals surface area contributed by atoms with E-state index >= 15 is 0 Å². The molecular weight excluding hydrogens is 412 g/mol. The molecule has 0 saturated carbocycles. The van der Waals surface area contributed by atoms with Crippen molar-refractivity contribution < 1.29 is 18.1 Å². The number of rotatable bonds is 6. The molecule has 1 heterocycles. The standard InChI is InChI=1S/C18H14N6O5S/c19-9-12-10-21-23(11-12)16-6-5-14(8-17(16)30(20,28)29)22-18(25)7-13-3-1-2-4-15(13)24(26)27/h1-6,8,10-11H,7H2,(H,22,25)(H2,20,28,29). The van der Waals surface area contributed by atoms with Crippen LogP contribution in [0.25, 0.3) is 5.69 Å². The number of aromatic nitrogens is 2. The van der Waals surface area contributed by atoms with Crippen LogP contribution in [-0.2, 0) is 21.2 Å². The van der Waals surface area contributed by atoms with E-state index < -0.39 is 20.9 Å². The maximum Gasteiger partial charge on any atom is 0.273 e. The first-order chi connectivity index (χ1) is 14.2. The maximum absolute atomic E-state index is 12.3. The Hall–Kier alpha value is -4.08. The van der Waals surface area contributed by atoms with Crippen molar-refractivity contribution in [3.63, 3.8) is 0 Å². The number of benzene rings is 2. The number of primary sulfonamides is 1. The number of nitriles is 1. The van der Waals surface area contributed by atoms with Crippen LogP contribution in [0.2, 0.25) is 0 Å². The lowest BCUT2D eigenvalue weighted by molar-refractivity contribution is -0.385. The molecule has 0 fully saturated rings. The molecule has 2 aromatic carbocycles. The van der Waals surface area contributed by atoms with E-state index in [0.717, 1.165) is 6.07 Å². The molecule has 1 amide bonds. The third kappa shape index (κ3) is 4.49. The van der Waals surface area contributed by atoms with Crippen LogP contribution in [0.1, 0.15) is 11.1 Å². The van der Waals surface area contributed by atoms with Crippen LogP contribution in [0.3, 0.4) is 0 Å². The number of amides is 1. The smallest absolute Gasteiger partial charge is 0.273 e. The summed E-state index contributed by atoms with van der Waals surface area (Å²) in [5.74, 6) is -0.580. The van der Waals surface area contributed by atoms with Crippen LogP contribution < -0.4 is 10.5 Å². The fourth-order valence-corrected chi connectivity index (χ4v) is 3.48. The number of nitrogens with two attached hydrogens (primary N) is 1. The molecule has 152 valence electrons. The van der Waals surface area contributed by atoms with Gasteiger partial charge in [0, 0.05) is 23.5 Å². The minimum Gasteiger partial charge on any atom is -0.326 e. The Morgan fingerprint density at radius 1 is 1.30 bits per heavy atom. The molecule has 0 atom stereocenters. The Bertz CT molecular complexity index is 1290. The van der Waals surface area contributed by atoms with Crippen molar-refractivity contribution in [2.75, 3.05) is 5.32 Å². The van der Waals surface area contributed by atoms with E-state index in [1.54, 1.807) is 6.07 Å². The topological polar surface area (TPSA) is 174 Å². The number of nitrogens with one attached hydrogen (secondary N) is 1. The van der Waals surface area contributed by atoms with Gasteiger partial charge < -0.3 is 5.32 Å². The number of hydrogen-bond acceptors (Lipinski definition) is 7. The van der Waals surface area contributed by atoms with E-state index in [1.165, 1.54) is 47.4 Å². The van der Waals surface area contributed by atoms with Gasteiger partial charge >= 0.3 is 0 Å². The number of hydrogen-bond donors (Lipinski definition) is 2. The third-order valence-corrected chi connectivity index (χ3v) is 4.99. The lowest BCUT2D eigenvalue weighted by Crippen LogP contribution is -2.18. The average Bonchev–Trinajstić information content (AvgIpc) is 3.16. The third-order valence-electron chi connectivity index (χ3n) is 4.05. The molecule has 0 saturated heterocycles. The number of carbonyl (C=O) groups is 1. The lowest BCUT2D eigenvalue weighted by atomic mass is 10.1. The van der Waals surface area contributed by atoms with E-state index in [9.17, 15) is 23.3 Å². The monoisotopic (exact) mass is 426 g/mol. The number of nitro groups is 1. The average molecular weight is 426 g/mol. The van der Waals surface area contributed by atoms with Gasteiger partial charge in [-0.15, -0.1) is 0 Å². The summed E-state index contributed by atoms with van der Waals surface area (Å²) in [6.45, 7) is 0. The molecule has 3 N–H and O–H groups in total. The molecule has 3 aromatic rings. The molecule has 0 spiro atoms. The Morgan fingerprint density at radius 3 is 2.67 bits per heavy atom. The summed E-state index contributed by atoms with van der Waals surface area (Å²) in [5.41, 5.74) is 0.455. The molecule has 0 aliphatic carbocycles. The number of carbonyl (C=O) groups excluding carboxylic acids is 1. The van der Waals surface area contributed by atoms with E-state index in [4.69, 9.17) is 10.4 Å². The predicted octanol–water partition coefficient (Wildman–Crippen LogP) is 1.48. The summed E-state index contributed by atoms with van der Waals surface area (Å²) in [7, 11) is -4.20. The number of nitro benzene ring substituents is 1. The fourth-order valence-electron chi connectivity index (χ4n) is 2.74. The minimum atomic E-state index is -4.20. The molecule has 0 aliphatic rings. The first-order valence-corrected chi connectivity index (χ1v) is 9.88. The Balaban J connectivity index is 1.90. The molecule has 0 unspecified atom stereocenters. The molecule has 0 radical (unpaired) electrons. The van der Waals surface area contributed by atoms with E-state index in [-0.39, 0.29) is 39.5 Å². The number of anilines is 1. The van der Waals surface area contributed by atoms with Gasteiger partial charge in [-0.3, -0.25) is 14.9 Å². The summed E-state index contributed by atoms with van der Waals surface area (Å²) < 4.78 is 25.2. The van der Waals surface area contributed by atoms with Crippen LogP contribution in [0.5, 0.6) is 0 Å². The first kappa shape index (κ1) is 20.6. The second-order valence-electron chi connectivity index (χ2n) is 6.12. The van der Waals surface area contributed by atoms with Crippen molar-refractivity contribution in [2.45, 2.75) is 11.3 Å². The zero-order valence-corrected chi connectivity index (χ0v) is 16.0. The van der Waals surface area contributed by atoms with Crippen molar-refractivity contribution in [3.05, 3.63) is 76.1 Å². The first-order valence-electron chi connectivity index (χ1n) is 8.33. The van der Waals surface area contributed by atoms with Gasteiger partial charge in [0.05, 0.1) is 28.8 Å². The van der Waals surface area contributed by atoms with E-state index in [0.29, 0.717) is 0 Å². The summed E-state index contributed by atoms with van der Waals surface area (Å²) in [6, 6.07) is 11.6. The van der Waals surface area contributed by atoms with Gasteiger partial charge in [-0.1, -0.05) is 18.2 Å². The van der Waals surface area contributed by atoms with Crippen LogP contribution in [0.4, 0.5) is 11.4 Å². The highest BCUT2D eigenvalue weighted by Gasteiger charge is 2.19. The Morgan fingerprint density at radius 2 is 2.03 bits per heavy atom. The highest BCUT2D eigenvalue weighted by atomic mass is 32.2. The molecule has 1 aromatic heterocycles. The molecule has 3 rings (SSSR count). The van der Waals surface area contributed by atoms with Crippen LogP contribution >= 0.6 is 0 Å². The van der Waals surface area contributed by atoms with Gasteiger partial charge in [-0.05, 0) is 18.2 Å². The van der Waals surface area contributed by atoms with Gasteiger partial charge in [-0.25, -0.2) is 18.2 Å². The maximum atomic E-state index is 12.3. The number of para-hydroxylation sites is 1. The van der Waals surface area contributed by atoms with Crippen LogP contribution in [0, 0.1) is 21.4 Å². The molecule has 12 heteroatoms. The number of sulfonamides is 1. The summed E-state index contributed by atoms with van der Waals surface area (Å²) in [4.78, 5) is 22.5. The zero-order chi connectivity index (χ0) is 21.9. The number of nitrogens with zero attached hydrogens (tertiary/aromatic N) is 4. The minimum absolute atomic E-state index is 0.0932. The van der Waals surface area contributed by atoms with Gasteiger partial charge in [0.1, 0.15) is 11.0 Å². The molecule has 0 aliphatic heterocycles. The molecule has 30 heavy (non-hydrogen) atoms. The SMILES string of the molecule is N#Cc1cnn(-c2ccc(NC(=O)Cc3ccccc3[N+](=O)[O-])cc2S(N)(=O)=O)c1. The molecule has 11 nitrogen and oxygen atoms in total. The van der Waals surface area contributed by atoms with E-state index in [1.807, 2.05) is 6.07 Å². The second-order valence-corrected chi connectivity index (χ2v) is 7.65. The van der Waals surface area contributed by atoms with Gasteiger partial charge in [0.25, 0.3) is 5.69 Å². The Labute approximate surface area is 170 Å². The summed E-state index contributed by atoms with van der Waals surface area (Å²) in [5, 5.41) is 31.7. The molecule has 0 bridgehead atoms.